The average molecular weight is 328 g/mol. The Balaban J connectivity index is 1.82. The number of rotatable bonds is 5. The van der Waals surface area contributed by atoms with Crippen LogP contribution >= 0.6 is 0 Å². The molecule has 2 N–H and O–H groups in total. The molecule has 1 unspecified atom stereocenters. The molecule has 0 saturated carbocycles. The van der Waals surface area contributed by atoms with Crippen LogP contribution in [0.3, 0.4) is 0 Å². The molecule has 2 aromatic rings. The molecule has 0 fully saturated rings. The van der Waals surface area contributed by atoms with Gasteiger partial charge >= 0.3 is 0 Å². The number of amides is 1. The smallest absolute Gasteiger partial charge is 0.247 e. The molecule has 1 aliphatic carbocycles. The molecule has 0 radical (unpaired) electrons. The molecule has 1 amide bonds. The molecule has 1 aromatic carbocycles. The highest BCUT2D eigenvalue weighted by Crippen LogP contribution is 2.40. The Morgan fingerprint density at radius 2 is 2.29 bits per heavy atom. The quantitative estimate of drug-likeness (QED) is 0.906. The molecule has 0 spiro atoms. The van der Waals surface area contributed by atoms with Crippen LogP contribution in [0, 0.1) is 0 Å². The Kier molecular flexibility index (Phi) is 4.32. The number of methoxy groups -OCH3 is 1. The number of hydrogen-bond acceptors (Lipinski definition) is 4. The second-order valence-electron chi connectivity index (χ2n) is 6.32. The number of hydrogen-bond donors (Lipinski definition) is 1. The standard InChI is InChI=1S/C18H24N4O2/c1-4-22-12-13(10-20-22)11-21(2)17(23)18(19)9-8-14-15(18)6-5-7-16(14)24-3/h5-7,10,12H,4,8-9,11,19H2,1-3H3. The van der Waals surface area contributed by atoms with E-state index in [0.717, 1.165) is 35.4 Å². The fourth-order valence-electron chi connectivity index (χ4n) is 3.46. The molecule has 6 heteroatoms. The Hall–Kier alpha value is -2.34. The monoisotopic (exact) mass is 328 g/mol. The van der Waals surface area contributed by atoms with Gasteiger partial charge in [0.15, 0.2) is 0 Å². The summed E-state index contributed by atoms with van der Waals surface area (Å²) < 4.78 is 7.26. The van der Waals surface area contributed by atoms with E-state index in [2.05, 4.69) is 5.10 Å². The number of likely N-dealkylation sites (N-methyl/N-ethyl adjacent to an activating group) is 1. The summed E-state index contributed by atoms with van der Waals surface area (Å²) in [6.45, 7) is 3.34. The van der Waals surface area contributed by atoms with E-state index in [0.29, 0.717) is 13.0 Å². The second-order valence-corrected chi connectivity index (χ2v) is 6.32. The van der Waals surface area contributed by atoms with Gasteiger partial charge in [0.05, 0.1) is 13.3 Å². The van der Waals surface area contributed by atoms with E-state index >= 15 is 0 Å². The minimum atomic E-state index is -0.987. The lowest BCUT2D eigenvalue weighted by atomic mass is 9.91. The van der Waals surface area contributed by atoms with Crippen LogP contribution in [0.15, 0.2) is 30.6 Å². The lowest BCUT2D eigenvalue weighted by molar-refractivity contribution is -0.136. The highest BCUT2D eigenvalue weighted by Gasteiger charge is 2.44. The van der Waals surface area contributed by atoms with E-state index in [4.69, 9.17) is 10.5 Å². The Labute approximate surface area is 142 Å². The zero-order valence-electron chi connectivity index (χ0n) is 14.5. The van der Waals surface area contributed by atoms with Crippen LogP contribution in [-0.2, 0) is 29.8 Å². The van der Waals surface area contributed by atoms with Gasteiger partial charge in [-0.2, -0.15) is 5.10 Å². The van der Waals surface area contributed by atoms with Crippen LogP contribution in [-0.4, -0.2) is 34.7 Å². The van der Waals surface area contributed by atoms with Crippen molar-refractivity contribution in [1.82, 2.24) is 14.7 Å². The van der Waals surface area contributed by atoms with E-state index in [1.54, 1.807) is 25.3 Å². The number of nitrogens with zero attached hydrogens (tertiary/aromatic N) is 3. The molecule has 128 valence electrons. The first-order valence-corrected chi connectivity index (χ1v) is 8.21. The Morgan fingerprint density at radius 3 is 2.96 bits per heavy atom. The van der Waals surface area contributed by atoms with E-state index < -0.39 is 5.54 Å². The van der Waals surface area contributed by atoms with Gasteiger partial charge in [0.1, 0.15) is 11.3 Å². The number of nitrogens with two attached hydrogens (primary N) is 1. The maximum absolute atomic E-state index is 13.0. The van der Waals surface area contributed by atoms with Crippen molar-refractivity contribution in [3.63, 3.8) is 0 Å². The van der Waals surface area contributed by atoms with Crippen molar-refractivity contribution in [1.29, 1.82) is 0 Å². The highest BCUT2D eigenvalue weighted by molar-refractivity contribution is 5.89. The number of benzene rings is 1. The van der Waals surface area contributed by atoms with Crippen molar-refractivity contribution in [3.8, 4) is 5.75 Å². The zero-order chi connectivity index (χ0) is 17.3. The molecule has 1 aromatic heterocycles. The molecule has 3 rings (SSSR count). The number of carbonyl (C=O) groups is 1. The van der Waals surface area contributed by atoms with Gasteiger partial charge in [0.25, 0.3) is 0 Å². The topological polar surface area (TPSA) is 73.4 Å². The van der Waals surface area contributed by atoms with Gasteiger partial charge in [-0.3, -0.25) is 9.48 Å². The summed E-state index contributed by atoms with van der Waals surface area (Å²) in [5, 5.41) is 4.25. The van der Waals surface area contributed by atoms with Crippen molar-refractivity contribution in [2.75, 3.05) is 14.2 Å². The van der Waals surface area contributed by atoms with Gasteiger partial charge in [-0.25, -0.2) is 0 Å². The molecule has 6 nitrogen and oxygen atoms in total. The molecule has 24 heavy (non-hydrogen) atoms. The molecular formula is C18H24N4O2. The molecule has 0 saturated heterocycles. The number of aryl methyl sites for hydroxylation is 1. The van der Waals surface area contributed by atoms with Crippen LogP contribution in [0.5, 0.6) is 5.75 Å². The van der Waals surface area contributed by atoms with Gasteiger partial charge in [0.2, 0.25) is 5.91 Å². The van der Waals surface area contributed by atoms with E-state index in [9.17, 15) is 4.79 Å². The van der Waals surface area contributed by atoms with Crippen LogP contribution in [0.1, 0.15) is 30.0 Å². The van der Waals surface area contributed by atoms with Crippen molar-refractivity contribution >= 4 is 5.91 Å². The normalized spacial score (nSPS) is 19.2. The lowest BCUT2D eigenvalue weighted by Crippen LogP contribution is -2.50. The summed E-state index contributed by atoms with van der Waals surface area (Å²) in [5.41, 5.74) is 8.49. The minimum Gasteiger partial charge on any atom is -0.496 e. The third-order valence-electron chi connectivity index (χ3n) is 4.76. The van der Waals surface area contributed by atoms with Gasteiger partial charge < -0.3 is 15.4 Å². The maximum Gasteiger partial charge on any atom is 0.247 e. The second kappa shape index (κ2) is 6.28. The summed E-state index contributed by atoms with van der Waals surface area (Å²) in [6.07, 6.45) is 5.10. The lowest BCUT2D eigenvalue weighted by Gasteiger charge is -2.29. The third kappa shape index (κ3) is 2.67. The molecule has 0 aliphatic heterocycles. The van der Waals surface area contributed by atoms with Gasteiger partial charge in [-0.1, -0.05) is 12.1 Å². The summed E-state index contributed by atoms with van der Waals surface area (Å²) in [5.74, 6) is 0.734. The maximum atomic E-state index is 13.0. The first kappa shape index (κ1) is 16.5. The molecule has 1 heterocycles. The third-order valence-corrected chi connectivity index (χ3v) is 4.76. The SMILES string of the molecule is CCn1cc(CN(C)C(=O)C2(N)CCc3c(OC)cccc32)cn1. The van der Waals surface area contributed by atoms with Crippen molar-refractivity contribution in [3.05, 3.63) is 47.3 Å². The van der Waals surface area contributed by atoms with E-state index in [1.165, 1.54) is 0 Å². The van der Waals surface area contributed by atoms with Gasteiger partial charge in [-0.05, 0) is 37.0 Å². The molecular weight excluding hydrogens is 304 g/mol. The number of ether oxygens (including phenoxy) is 1. The van der Waals surface area contributed by atoms with Gasteiger partial charge in [-0.15, -0.1) is 0 Å². The predicted octanol–water partition coefficient (Wildman–Crippen LogP) is 1.67. The summed E-state index contributed by atoms with van der Waals surface area (Å²) >= 11 is 0. The number of carbonyl (C=O) groups excluding carboxylic acids is 1. The highest BCUT2D eigenvalue weighted by atomic mass is 16.5. The van der Waals surface area contributed by atoms with Gasteiger partial charge in [0, 0.05) is 31.9 Å². The van der Waals surface area contributed by atoms with Crippen molar-refractivity contribution in [2.24, 2.45) is 5.73 Å². The van der Waals surface area contributed by atoms with E-state index in [1.807, 2.05) is 36.0 Å². The number of aromatic nitrogens is 2. The van der Waals surface area contributed by atoms with Crippen LogP contribution in [0.4, 0.5) is 0 Å². The molecule has 0 bridgehead atoms. The minimum absolute atomic E-state index is 0.0706. The zero-order valence-corrected chi connectivity index (χ0v) is 14.5. The molecule has 1 atom stereocenters. The summed E-state index contributed by atoms with van der Waals surface area (Å²) in [6, 6.07) is 5.74. The van der Waals surface area contributed by atoms with Crippen LogP contribution < -0.4 is 10.5 Å². The van der Waals surface area contributed by atoms with Crippen molar-refractivity contribution in [2.45, 2.75) is 38.4 Å². The predicted molar refractivity (Wildman–Crippen MR) is 91.6 cm³/mol. The summed E-state index contributed by atoms with van der Waals surface area (Å²) in [7, 11) is 3.43. The van der Waals surface area contributed by atoms with Crippen LogP contribution in [0.25, 0.3) is 0 Å². The fraction of sp³-hybridized carbons (Fsp3) is 0.444. The van der Waals surface area contributed by atoms with Crippen molar-refractivity contribution < 1.29 is 9.53 Å². The first-order valence-electron chi connectivity index (χ1n) is 8.21. The number of fused-ring (bicyclic) bond motifs is 1. The first-order chi connectivity index (χ1) is 11.5. The van der Waals surface area contributed by atoms with Crippen LogP contribution in [0.2, 0.25) is 0 Å². The Bertz CT molecular complexity index is 755. The average Bonchev–Trinajstić information content (AvgIpc) is 3.19. The Morgan fingerprint density at radius 1 is 1.50 bits per heavy atom. The largest absolute Gasteiger partial charge is 0.496 e. The fourth-order valence-corrected chi connectivity index (χ4v) is 3.46. The summed E-state index contributed by atoms with van der Waals surface area (Å²) in [4.78, 5) is 14.7. The van der Waals surface area contributed by atoms with E-state index in [-0.39, 0.29) is 5.91 Å². The molecule has 1 aliphatic rings.